The largest absolute Gasteiger partial charge is 0.507 e. The number of anilines is 1. The zero-order chi connectivity index (χ0) is 22.4. The molecule has 0 heterocycles. The van der Waals surface area contributed by atoms with Crippen LogP contribution in [0.15, 0.2) is 56.4 Å². The Morgan fingerprint density at radius 1 is 0.900 bits per heavy atom. The number of nitrogen functional groups attached to an aromatic ring is 1. The van der Waals surface area contributed by atoms with Crippen molar-refractivity contribution in [2.24, 2.45) is 10.2 Å². The van der Waals surface area contributed by atoms with Crippen molar-refractivity contribution in [1.29, 1.82) is 0 Å². The summed E-state index contributed by atoms with van der Waals surface area (Å²) in [4.78, 5) is -1.12. The van der Waals surface area contributed by atoms with Crippen molar-refractivity contribution in [2.75, 3.05) is 5.73 Å². The number of nitrogens with zero attached hydrogens (tertiary/aromatic N) is 2. The zero-order valence-electron chi connectivity index (χ0n) is 15.8. The number of hydrogen-bond acceptors (Lipinski definition) is 9. The average molecular weight is 453 g/mol. The van der Waals surface area contributed by atoms with Crippen LogP contribution in [-0.4, -0.2) is 31.7 Å². The van der Waals surface area contributed by atoms with E-state index in [0.29, 0.717) is 5.69 Å². The maximum atomic E-state index is 11.9. The highest BCUT2D eigenvalue weighted by Gasteiger charge is 2.27. The van der Waals surface area contributed by atoms with Crippen LogP contribution in [-0.2, 0) is 10.1 Å². The quantitative estimate of drug-likeness (QED) is 0.181. The monoisotopic (exact) mass is 453 g/mol. The van der Waals surface area contributed by atoms with Gasteiger partial charge < -0.3 is 24.5 Å². The minimum atomic E-state index is -4.83. The molecule has 0 radical (unpaired) electrons. The fraction of sp³-hybridized carbons (Fsp3) is 0.111. The Bertz CT molecular complexity index is 1280. The van der Waals surface area contributed by atoms with E-state index in [2.05, 4.69) is 10.2 Å². The fourth-order valence-electron chi connectivity index (χ4n) is 2.92. The Labute approximate surface area is 173 Å². The molecule has 0 aliphatic carbocycles. The maximum absolute atomic E-state index is 11.9. The number of phenols is 1. The van der Waals surface area contributed by atoms with Crippen molar-refractivity contribution in [3.05, 3.63) is 47.5 Å². The Hall–Kier alpha value is -2.74. The summed E-state index contributed by atoms with van der Waals surface area (Å²) < 4.78 is 62.3. The van der Waals surface area contributed by atoms with Crippen LogP contribution in [0.4, 0.5) is 17.1 Å². The highest BCUT2D eigenvalue weighted by Crippen LogP contribution is 2.52. The van der Waals surface area contributed by atoms with E-state index in [9.17, 15) is 31.7 Å². The first-order valence-electron chi connectivity index (χ1n) is 8.36. The number of rotatable bonds is 4. The molecule has 0 aliphatic rings. The van der Waals surface area contributed by atoms with Gasteiger partial charge in [0.2, 0.25) is 0 Å². The van der Waals surface area contributed by atoms with Gasteiger partial charge in [-0.3, -0.25) is 4.55 Å². The summed E-state index contributed by atoms with van der Waals surface area (Å²) in [6.45, 7) is 3.19. The standard InChI is InChI=1S/C18H19N3O7S2/c1-9-3-5-12(6-4-9)20-21-17-14(30(26,27)28)8-11-7-13(29(23,24)25)10(2)18(22)15(11)16(17)19/h3-8,22-25H,19H2,1-2H3,(H,26,27,28). The Balaban J connectivity index is 2.35. The van der Waals surface area contributed by atoms with E-state index in [4.69, 9.17) is 5.73 Å². The summed E-state index contributed by atoms with van der Waals surface area (Å²) in [5.74, 6) is -0.511. The minimum Gasteiger partial charge on any atom is -0.507 e. The number of benzene rings is 3. The van der Waals surface area contributed by atoms with Gasteiger partial charge in [0.1, 0.15) is 27.2 Å². The molecule has 0 saturated heterocycles. The molecule has 0 atom stereocenters. The van der Waals surface area contributed by atoms with Crippen molar-refractivity contribution in [3.63, 3.8) is 0 Å². The van der Waals surface area contributed by atoms with Gasteiger partial charge in [0.25, 0.3) is 10.1 Å². The van der Waals surface area contributed by atoms with E-state index in [1.54, 1.807) is 24.3 Å². The summed E-state index contributed by atoms with van der Waals surface area (Å²) in [6, 6.07) is 8.83. The van der Waals surface area contributed by atoms with Crippen molar-refractivity contribution >= 4 is 48.8 Å². The Morgan fingerprint density at radius 3 is 2.00 bits per heavy atom. The normalized spacial score (nSPS) is 13.3. The van der Waals surface area contributed by atoms with E-state index in [-0.39, 0.29) is 22.0 Å². The third-order valence-electron chi connectivity index (χ3n) is 4.45. The maximum Gasteiger partial charge on any atom is 0.296 e. The number of phenolic OH excluding ortho intramolecular Hbond substituents is 1. The van der Waals surface area contributed by atoms with Crippen molar-refractivity contribution in [2.45, 2.75) is 23.6 Å². The molecule has 0 saturated carbocycles. The molecule has 3 aromatic carbocycles. The molecule has 7 N–H and O–H groups in total. The lowest BCUT2D eigenvalue weighted by atomic mass is 10.0. The number of aromatic hydroxyl groups is 1. The third-order valence-corrected chi connectivity index (χ3v) is 6.33. The van der Waals surface area contributed by atoms with E-state index in [0.717, 1.165) is 17.7 Å². The highest BCUT2D eigenvalue weighted by atomic mass is 32.3. The van der Waals surface area contributed by atoms with Crippen LogP contribution in [0.25, 0.3) is 10.8 Å². The topological polar surface area (TPSA) is 186 Å². The van der Waals surface area contributed by atoms with Crippen LogP contribution >= 0.6 is 10.9 Å². The Kier molecular flexibility index (Phi) is 5.49. The molecule has 3 rings (SSSR count). The van der Waals surface area contributed by atoms with E-state index >= 15 is 0 Å². The van der Waals surface area contributed by atoms with Gasteiger partial charge in [-0.25, -0.2) is 0 Å². The molecule has 0 unspecified atom stereocenters. The van der Waals surface area contributed by atoms with Crippen LogP contribution in [0.3, 0.4) is 0 Å². The van der Waals surface area contributed by atoms with Crippen molar-refractivity contribution in [3.8, 4) is 5.75 Å². The lowest BCUT2D eigenvalue weighted by Gasteiger charge is -2.23. The van der Waals surface area contributed by atoms with E-state index < -0.39 is 42.2 Å². The number of fused-ring (bicyclic) bond motifs is 1. The van der Waals surface area contributed by atoms with Gasteiger partial charge in [-0.2, -0.15) is 13.5 Å². The first-order valence-corrected chi connectivity index (χ1v) is 11.3. The molecular weight excluding hydrogens is 434 g/mol. The molecule has 0 aliphatic heterocycles. The number of hydrogen-bond donors (Lipinski definition) is 6. The average Bonchev–Trinajstić information content (AvgIpc) is 2.63. The number of azo groups is 1. The second-order valence-corrected chi connectivity index (χ2v) is 9.48. The highest BCUT2D eigenvalue weighted by molar-refractivity contribution is 8.19. The third kappa shape index (κ3) is 4.09. The fourth-order valence-corrected chi connectivity index (χ4v) is 4.39. The van der Waals surface area contributed by atoms with Crippen LogP contribution in [0.2, 0.25) is 0 Å². The lowest BCUT2D eigenvalue weighted by molar-refractivity contribution is 0.374. The molecule has 12 heteroatoms. The second-order valence-electron chi connectivity index (χ2n) is 6.61. The zero-order valence-corrected chi connectivity index (χ0v) is 17.4. The molecule has 0 fully saturated rings. The van der Waals surface area contributed by atoms with Gasteiger partial charge in [0.15, 0.2) is 0 Å². The molecule has 0 spiro atoms. The second kappa shape index (κ2) is 7.50. The predicted octanol–water partition coefficient (Wildman–Crippen LogP) is 4.99. The van der Waals surface area contributed by atoms with E-state index in [1.807, 2.05) is 6.92 Å². The first kappa shape index (κ1) is 22.0. The van der Waals surface area contributed by atoms with Gasteiger partial charge in [-0.1, -0.05) is 17.7 Å². The summed E-state index contributed by atoms with van der Waals surface area (Å²) in [6.07, 6.45) is 0. The summed E-state index contributed by atoms with van der Waals surface area (Å²) in [7, 11) is -9.05. The molecule has 0 amide bonds. The summed E-state index contributed by atoms with van der Waals surface area (Å²) >= 11 is 0. The van der Waals surface area contributed by atoms with Crippen molar-refractivity contribution < 1.29 is 31.7 Å². The minimum absolute atomic E-state index is 0.0508. The molecule has 30 heavy (non-hydrogen) atoms. The number of aryl methyl sites for hydroxylation is 1. The summed E-state index contributed by atoms with van der Waals surface area (Å²) in [5.41, 5.74) is 6.66. The van der Waals surface area contributed by atoms with Gasteiger partial charge in [0.05, 0.1) is 16.3 Å². The van der Waals surface area contributed by atoms with Crippen LogP contribution in [0.1, 0.15) is 11.1 Å². The molecule has 0 aromatic heterocycles. The SMILES string of the molecule is Cc1ccc(N=Nc2c(S(=O)(=O)O)cc3cc(S(O)(O)O)c(C)c(O)c3c2N)cc1. The smallest absolute Gasteiger partial charge is 0.296 e. The van der Waals surface area contributed by atoms with Gasteiger partial charge in [0, 0.05) is 10.9 Å². The van der Waals surface area contributed by atoms with Crippen molar-refractivity contribution in [1.82, 2.24) is 0 Å². The van der Waals surface area contributed by atoms with Gasteiger partial charge in [-0.05, 0) is 43.5 Å². The number of nitrogens with two attached hydrogens (primary N) is 1. The van der Waals surface area contributed by atoms with Crippen LogP contribution in [0, 0.1) is 13.8 Å². The molecule has 10 nitrogen and oxygen atoms in total. The first-order chi connectivity index (χ1) is 13.8. The van der Waals surface area contributed by atoms with Gasteiger partial charge in [-0.15, -0.1) is 5.11 Å². The lowest BCUT2D eigenvalue weighted by Crippen LogP contribution is -2.04. The molecule has 160 valence electrons. The predicted molar refractivity (Wildman–Crippen MR) is 114 cm³/mol. The Morgan fingerprint density at radius 2 is 1.47 bits per heavy atom. The molecular formula is C18H19N3O7S2. The van der Waals surface area contributed by atoms with E-state index in [1.165, 1.54) is 6.92 Å². The van der Waals surface area contributed by atoms with Gasteiger partial charge >= 0.3 is 0 Å². The summed E-state index contributed by atoms with van der Waals surface area (Å²) in [5, 5.41) is 18.2. The molecule has 3 aromatic rings. The van der Waals surface area contributed by atoms with Crippen LogP contribution in [0.5, 0.6) is 5.75 Å². The molecule has 0 bridgehead atoms. The van der Waals surface area contributed by atoms with Crippen LogP contribution < -0.4 is 5.73 Å².